The molecule has 1 N–H and O–H groups in total. The van der Waals surface area contributed by atoms with Crippen LogP contribution in [0.4, 0.5) is 4.39 Å². The molecule has 0 saturated heterocycles. The van der Waals surface area contributed by atoms with E-state index in [4.69, 9.17) is 34.8 Å². The highest BCUT2D eigenvalue weighted by Crippen LogP contribution is 2.26. The first-order valence-corrected chi connectivity index (χ1v) is 8.61. The summed E-state index contributed by atoms with van der Waals surface area (Å²) in [7, 11) is -4.29. The van der Waals surface area contributed by atoms with Crippen LogP contribution in [0.25, 0.3) is 0 Å². The van der Waals surface area contributed by atoms with Gasteiger partial charge in [-0.1, -0.05) is 41.7 Å². The highest BCUT2D eigenvalue weighted by Gasteiger charge is 2.28. The van der Waals surface area contributed by atoms with Crippen molar-refractivity contribution >= 4 is 50.9 Å². The van der Waals surface area contributed by atoms with E-state index in [-0.39, 0.29) is 12.0 Å². The van der Waals surface area contributed by atoms with Crippen LogP contribution in [0, 0.1) is 5.82 Å². The fourth-order valence-corrected chi connectivity index (χ4v) is 2.87. The third kappa shape index (κ3) is 6.76. The van der Waals surface area contributed by atoms with Crippen LogP contribution < -0.4 is 4.72 Å². The summed E-state index contributed by atoms with van der Waals surface area (Å²) in [5.41, 5.74) is 0.164. The molecule has 0 saturated carbocycles. The van der Waals surface area contributed by atoms with E-state index in [1.807, 2.05) is 0 Å². The largest absolute Gasteiger partial charge is 0.336 e. The van der Waals surface area contributed by atoms with Crippen LogP contribution >= 0.6 is 34.8 Å². The molecule has 0 aliphatic carbocycles. The number of rotatable bonds is 7. The minimum atomic E-state index is -4.29. The fraction of sp³-hybridized carbons (Fsp3) is 0.417. The van der Waals surface area contributed by atoms with Crippen LogP contribution in [-0.2, 0) is 14.5 Å². The Bertz CT molecular complexity index is 616. The number of hydrogen-bond acceptors (Lipinski definition) is 4. The first-order valence-electron chi connectivity index (χ1n) is 6.07. The van der Waals surface area contributed by atoms with Crippen molar-refractivity contribution in [2.45, 2.75) is 23.2 Å². The fourth-order valence-electron chi connectivity index (χ4n) is 1.49. The van der Waals surface area contributed by atoms with Gasteiger partial charge < -0.3 is 0 Å². The first-order chi connectivity index (χ1) is 10.0. The topological polar surface area (TPSA) is 72.5 Å². The molecule has 22 heavy (non-hydrogen) atoms. The van der Waals surface area contributed by atoms with Crippen molar-refractivity contribution < 1.29 is 21.8 Å². The molecule has 1 aromatic rings. The molecule has 0 spiro atoms. The van der Waals surface area contributed by atoms with Gasteiger partial charge in [-0.25, -0.2) is 4.39 Å². The maximum Gasteiger partial charge on any atom is 0.336 e. The van der Waals surface area contributed by atoms with Gasteiger partial charge in [0.1, 0.15) is 12.4 Å². The molecule has 0 aromatic heterocycles. The van der Waals surface area contributed by atoms with Crippen LogP contribution in [0.1, 0.15) is 23.7 Å². The predicted octanol–water partition coefficient (Wildman–Crippen LogP) is 3.01. The van der Waals surface area contributed by atoms with Crippen LogP contribution in [0.15, 0.2) is 24.3 Å². The molecule has 0 bridgehead atoms. The van der Waals surface area contributed by atoms with E-state index in [0.717, 1.165) is 12.1 Å². The second-order valence-corrected chi connectivity index (χ2v) is 8.18. The molecule has 1 unspecified atom stereocenters. The van der Waals surface area contributed by atoms with E-state index in [9.17, 15) is 17.6 Å². The van der Waals surface area contributed by atoms with E-state index in [1.165, 1.54) is 12.1 Å². The van der Waals surface area contributed by atoms with E-state index in [1.54, 1.807) is 6.92 Å². The van der Waals surface area contributed by atoms with E-state index < -0.39 is 38.3 Å². The van der Waals surface area contributed by atoms with Crippen molar-refractivity contribution in [1.82, 2.24) is 4.72 Å². The SMILES string of the molecule is CCC(NS(=O)(=O)OCC(Cl)(Cl)Cl)C(=O)c1ccc(F)cc1. The number of nitrogens with one attached hydrogen (secondary N) is 1. The third-order valence-corrected chi connectivity index (χ3v) is 3.85. The third-order valence-electron chi connectivity index (χ3n) is 2.52. The van der Waals surface area contributed by atoms with Crippen molar-refractivity contribution in [1.29, 1.82) is 0 Å². The summed E-state index contributed by atoms with van der Waals surface area (Å²) in [6.45, 7) is 0.901. The molecule has 0 aliphatic rings. The van der Waals surface area contributed by atoms with Crippen LogP contribution in [-0.4, -0.2) is 30.6 Å². The summed E-state index contributed by atoms with van der Waals surface area (Å²) in [6.07, 6.45) is 0.159. The van der Waals surface area contributed by atoms with Crippen molar-refractivity contribution in [2.24, 2.45) is 0 Å². The first kappa shape index (κ1) is 19.6. The lowest BCUT2D eigenvalue weighted by atomic mass is 10.0. The molecule has 124 valence electrons. The molecule has 5 nitrogen and oxygen atoms in total. The minimum Gasteiger partial charge on any atom is -0.292 e. The van der Waals surface area contributed by atoms with Gasteiger partial charge in [0.25, 0.3) is 0 Å². The number of alkyl halides is 3. The van der Waals surface area contributed by atoms with Gasteiger partial charge in [-0.05, 0) is 30.7 Å². The molecule has 10 heteroatoms. The Balaban J connectivity index is 2.79. The van der Waals surface area contributed by atoms with E-state index in [2.05, 4.69) is 8.91 Å². The maximum absolute atomic E-state index is 12.8. The number of carbonyl (C=O) groups is 1. The predicted molar refractivity (Wildman–Crippen MR) is 83.1 cm³/mol. The summed E-state index contributed by atoms with van der Waals surface area (Å²) < 4.78 is 40.9. The Morgan fingerprint density at radius 2 is 1.86 bits per heavy atom. The summed E-state index contributed by atoms with van der Waals surface area (Å²) in [5, 5.41) is 0. The second-order valence-electron chi connectivity index (χ2n) is 4.28. The smallest absolute Gasteiger partial charge is 0.292 e. The lowest BCUT2D eigenvalue weighted by Crippen LogP contribution is -2.42. The number of benzene rings is 1. The number of hydrogen-bond donors (Lipinski definition) is 1. The second kappa shape index (κ2) is 7.90. The van der Waals surface area contributed by atoms with Gasteiger partial charge >= 0.3 is 10.3 Å². The Labute approximate surface area is 142 Å². The molecule has 0 radical (unpaired) electrons. The van der Waals surface area contributed by atoms with Gasteiger partial charge in [0.15, 0.2) is 5.78 Å². The number of ketones is 1. The van der Waals surface area contributed by atoms with Crippen molar-refractivity contribution in [2.75, 3.05) is 6.61 Å². The molecule has 0 amide bonds. The lowest BCUT2D eigenvalue weighted by molar-refractivity contribution is 0.0949. The average Bonchev–Trinajstić information content (AvgIpc) is 2.42. The van der Waals surface area contributed by atoms with Gasteiger partial charge in [-0.3, -0.25) is 8.98 Å². The van der Waals surface area contributed by atoms with Crippen molar-refractivity contribution in [3.8, 4) is 0 Å². The minimum absolute atomic E-state index is 0.159. The van der Waals surface area contributed by atoms with Crippen LogP contribution in [0.3, 0.4) is 0 Å². The Hall–Kier alpha value is -0.440. The molecule has 0 heterocycles. The van der Waals surface area contributed by atoms with Gasteiger partial charge in [0.2, 0.25) is 3.79 Å². The molecule has 1 atom stereocenters. The Kier molecular flexibility index (Phi) is 7.04. The van der Waals surface area contributed by atoms with Crippen LogP contribution in [0.5, 0.6) is 0 Å². The molecule has 0 aliphatic heterocycles. The van der Waals surface area contributed by atoms with Crippen molar-refractivity contribution in [3.05, 3.63) is 35.6 Å². The average molecular weight is 393 g/mol. The quantitative estimate of drug-likeness (QED) is 0.572. The normalized spacial score (nSPS) is 13.9. The highest BCUT2D eigenvalue weighted by molar-refractivity contribution is 7.84. The van der Waals surface area contributed by atoms with Gasteiger partial charge in [-0.15, -0.1) is 0 Å². The maximum atomic E-state index is 12.8. The summed E-state index contributed by atoms with van der Waals surface area (Å²) in [4.78, 5) is 12.2. The monoisotopic (exact) mass is 391 g/mol. The summed E-state index contributed by atoms with van der Waals surface area (Å²) >= 11 is 16.2. The van der Waals surface area contributed by atoms with Gasteiger partial charge in [0, 0.05) is 5.56 Å². The zero-order valence-electron chi connectivity index (χ0n) is 11.4. The van der Waals surface area contributed by atoms with Crippen LogP contribution in [0.2, 0.25) is 0 Å². The van der Waals surface area contributed by atoms with Crippen molar-refractivity contribution in [3.63, 3.8) is 0 Å². The zero-order chi connectivity index (χ0) is 17.0. The summed E-state index contributed by atoms with van der Waals surface area (Å²) in [5.74, 6) is -1.03. The van der Waals surface area contributed by atoms with E-state index in [0.29, 0.717) is 0 Å². The number of carbonyl (C=O) groups excluding carboxylic acids is 1. The Morgan fingerprint density at radius 1 is 1.32 bits per heavy atom. The molecular formula is C12H13Cl3FNO4S. The zero-order valence-corrected chi connectivity index (χ0v) is 14.4. The molecule has 0 fully saturated rings. The van der Waals surface area contributed by atoms with E-state index >= 15 is 0 Å². The molecule has 1 aromatic carbocycles. The number of Topliss-reactive ketones (excluding diaryl/α,β-unsaturated/α-hetero) is 1. The highest BCUT2D eigenvalue weighted by atomic mass is 35.6. The number of halogens is 4. The molecular weight excluding hydrogens is 380 g/mol. The molecule has 1 rings (SSSR count). The Morgan fingerprint density at radius 3 is 2.32 bits per heavy atom. The standard InChI is InChI=1S/C12H13Cl3FNO4S/c1-2-10(11(18)8-3-5-9(16)6-4-8)17-22(19,20)21-7-12(13,14)15/h3-6,10,17H,2,7H2,1H3. The lowest BCUT2D eigenvalue weighted by Gasteiger charge is -2.17. The summed E-state index contributed by atoms with van der Waals surface area (Å²) in [6, 6.07) is 3.65. The van der Waals surface area contributed by atoms with Gasteiger partial charge in [-0.2, -0.15) is 13.1 Å². The van der Waals surface area contributed by atoms with Gasteiger partial charge in [0.05, 0.1) is 6.04 Å².